The summed E-state index contributed by atoms with van der Waals surface area (Å²) in [6.07, 6.45) is 4.10. The molecule has 0 saturated heterocycles. The van der Waals surface area contributed by atoms with Crippen LogP contribution in [0.4, 0.5) is 5.69 Å². The molecule has 4 rings (SSSR count). The third kappa shape index (κ3) is 6.94. The van der Waals surface area contributed by atoms with Crippen molar-refractivity contribution < 1.29 is 38.1 Å². The molecule has 2 heterocycles. The van der Waals surface area contributed by atoms with Crippen LogP contribution in [0.15, 0.2) is 57.1 Å². The number of carbonyl (C=O) groups is 1. The number of sulfonamides is 1. The van der Waals surface area contributed by atoms with E-state index in [-0.39, 0.29) is 46.7 Å². The van der Waals surface area contributed by atoms with E-state index in [9.17, 15) is 38.4 Å². The number of aromatic nitrogens is 2. The highest BCUT2D eigenvalue weighted by atomic mass is 32.2. The Morgan fingerprint density at radius 1 is 1.20 bits per heavy atom. The second-order valence-electron chi connectivity index (χ2n) is 10.1. The first-order chi connectivity index (χ1) is 19.5. The quantitative estimate of drug-likeness (QED) is 0.124. The molecule has 222 valence electrons. The van der Waals surface area contributed by atoms with Gasteiger partial charge in [-0.25, -0.2) is 9.78 Å². The molecule has 14 nitrogen and oxygen atoms in total. The Balaban J connectivity index is 1.53. The lowest BCUT2D eigenvalue weighted by Gasteiger charge is -2.28. The largest absolute Gasteiger partial charge is 0.507 e. The van der Waals surface area contributed by atoms with Crippen LogP contribution in [-0.4, -0.2) is 70.1 Å². The molecule has 2 aromatic heterocycles. The van der Waals surface area contributed by atoms with Crippen molar-refractivity contribution in [3.8, 4) is 5.75 Å². The smallest absolute Gasteiger partial charge is 0.343 e. The van der Waals surface area contributed by atoms with Crippen molar-refractivity contribution in [3.05, 3.63) is 70.0 Å². The predicted molar refractivity (Wildman–Crippen MR) is 145 cm³/mol. The third-order valence-corrected chi connectivity index (χ3v) is 8.21. The zero-order valence-corrected chi connectivity index (χ0v) is 22.8. The summed E-state index contributed by atoms with van der Waals surface area (Å²) in [5, 5.41) is 41.2. The van der Waals surface area contributed by atoms with Gasteiger partial charge in [-0.05, 0) is 42.9 Å². The maximum Gasteiger partial charge on any atom is 0.343 e. The van der Waals surface area contributed by atoms with E-state index >= 15 is 0 Å². The summed E-state index contributed by atoms with van der Waals surface area (Å²) in [7, 11) is -3.97. The van der Waals surface area contributed by atoms with Gasteiger partial charge < -0.3 is 40.9 Å². The topological polar surface area (TPSA) is 241 Å². The van der Waals surface area contributed by atoms with Gasteiger partial charge in [-0.15, -0.1) is 0 Å². The second-order valence-corrected chi connectivity index (χ2v) is 11.7. The monoisotopic (exact) mass is 591 g/mol. The molecule has 1 saturated carbocycles. The number of aromatic hydroxyl groups is 1. The third-order valence-electron chi connectivity index (χ3n) is 6.98. The first-order valence-electron chi connectivity index (χ1n) is 12.9. The fourth-order valence-electron chi connectivity index (χ4n) is 4.53. The Labute approximate surface area is 235 Å². The highest BCUT2D eigenvalue weighted by molar-refractivity contribution is 7.92. The average Bonchev–Trinajstić information content (AvgIpc) is 3.61. The number of hydrogen-bond acceptors (Lipinski definition) is 11. The molecule has 3 aromatic rings. The van der Waals surface area contributed by atoms with Crippen LogP contribution < -0.4 is 21.4 Å². The number of amides is 1. The van der Waals surface area contributed by atoms with Gasteiger partial charge in [0.2, 0.25) is 11.1 Å². The fraction of sp³-hybridized carbons (Fsp3) is 0.423. The Morgan fingerprint density at radius 2 is 1.90 bits per heavy atom. The number of aliphatic hydroxyl groups is 3. The number of aromatic amines is 1. The van der Waals surface area contributed by atoms with Gasteiger partial charge in [-0.2, -0.15) is 8.42 Å². The van der Waals surface area contributed by atoms with Gasteiger partial charge >= 0.3 is 5.63 Å². The van der Waals surface area contributed by atoms with Crippen molar-refractivity contribution in [2.45, 2.75) is 48.3 Å². The first kappa shape index (κ1) is 30.2. The zero-order chi connectivity index (χ0) is 29.8. The lowest BCUT2D eigenvalue weighted by molar-refractivity contribution is -0.125. The van der Waals surface area contributed by atoms with E-state index in [0.717, 1.165) is 12.8 Å². The Bertz CT molecular complexity index is 1510. The molecule has 0 radical (unpaired) electrons. The molecular weight excluding hydrogens is 558 g/mol. The maximum absolute atomic E-state index is 13.2. The molecule has 2 atom stereocenters. The van der Waals surface area contributed by atoms with Crippen LogP contribution in [0.2, 0.25) is 0 Å². The molecule has 1 aliphatic carbocycles. The summed E-state index contributed by atoms with van der Waals surface area (Å²) >= 11 is 0. The van der Waals surface area contributed by atoms with E-state index < -0.39 is 58.9 Å². The SMILES string of the molecule is NC(CCC(=O)NC(CO)(CO)CO)c1cc(O)c(C(c2cccc(NS(=O)(=O)c3ncc[nH]3)c2)C2CC2)c(=O)o1. The summed E-state index contributed by atoms with van der Waals surface area (Å²) in [5.41, 5.74) is 4.60. The van der Waals surface area contributed by atoms with Crippen LogP contribution in [0, 0.1) is 5.92 Å². The Hall–Kier alpha value is -3.76. The Morgan fingerprint density at radius 3 is 2.49 bits per heavy atom. The number of anilines is 1. The van der Waals surface area contributed by atoms with Crippen LogP contribution >= 0.6 is 0 Å². The minimum atomic E-state index is -3.97. The van der Waals surface area contributed by atoms with Crippen LogP contribution in [0.25, 0.3) is 0 Å². The molecule has 1 fully saturated rings. The van der Waals surface area contributed by atoms with Gasteiger partial charge in [-0.1, -0.05) is 12.1 Å². The number of carbonyl (C=O) groups excluding carboxylic acids is 1. The normalized spacial score (nSPS) is 15.3. The minimum absolute atomic E-state index is 0.00413. The van der Waals surface area contributed by atoms with Gasteiger partial charge in [0.1, 0.15) is 17.0 Å². The van der Waals surface area contributed by atoms with Crippen molar-refractivity contribution in [2.24, 2.45) is 11.7 Å². The molecule has 0 spiro atoms. The van der Waals surface area contributed by atoms with Crippen molar-refractivity contribution in [2.75, 3.05) is 24.5 Å². The molecular formula is C26H33N5O9S. The highest BCUT2D eigenvalue weighted by Crippen LogP contribution is 2.48. The number of hydrogen-bond donors (Lipinski definition) is 8. The van der Waals surface area contributed by atoms with Crippen molar-refractivity contribution >= 4 is 21.6 Å². The number of nitrogens with two attached hydrogens (primary N) is 1. The van der Waals surface area contributed by atoms with E-state index in [0.29, 0.717) is 5.56 Å². The second kappa shape index (κ2) is 12.4. The van der Waals surface area contributed by atoms with Crippen molar-refractivity contribution in [1.29, 1.82) is 0 Å². The van der Waals surface area contributed by atoms with Crippen LogP contribution in [0.3, 0.4) is 0 Å². The number of H-pyrrole nitrogens is 1. The minimum Gasteiger partial charge on any atom is -0.507 e. The molecule has 1 aliphatic rings. The van der Waals surface area contributed by atoms with E-state index in [2.05, 4.69) is 20.0 Å². The fourth-order valence-corrected chi connectivity index (χ4v) is 5.49. The van der Waals surface area contributed by atoms with E-state index in [1.807, 2.05) is 0 Å². The summed E-state index contributed by atoms with van der Waals surface area (Å²) in [6, 6.07) is 6.80. The predicted octanol–water partition coefficient (Wildman–Crippen LogP) is 0.0231. The molecule has 2 unspecified atom stereocenters. The standard InChI is InChI=1S/C26H33N5O9S/c27-18(6-7-21(36)30-26(12-32,13-33)14-34)20-11-19(35)23(24(37)40-20)22(15-4-5-15)16-2-1-3-17(10-16)31-41(38,39)25-28-8-9-29-25/h1-3,8-11,15,18,22,31-35H,4-7,12-14,27H2,(H,28,29)(H,30,36). The van der Waals surface area contributed by atoms with E-state index in [4.69, 9.17) is 10.2 Å². The molecule has 1 amide bonds. The van der Waals surface area contributed by atoms with E-state index in [1.165, 1.54) is 18.5 Å². The summed E-state index contributed by atoms with van der Waals surface area (Å²) < 4.78 is 33.1. The number of nitrogens with one attached hydrogen (secondary N) is 3. The summed E-state index contributed by atoms with van der Waals surface area (Å²) in [4.78, 5) is 31.7. The van der Waals surface area contributed by atoms with Gasteiger partial charge in [-0.3, -0.25) is 9.52 Å². The first-order valence-corrected chi connectivity index (χ1v) is 14.4. The Kier molecular flexibility index (Phi) is 9.14. The number of nitrogens with zero attached hydrogens (tertiary/aromatic N) is 1. The lowest BCUT2D eigenvalue weighted by Crippen LogP contribution is -2.57. The van der Waals surface area contributed by atoms with Crippen molar-refractivity contribution in [3.63, 3.8) is 0 Å². The van der Waals surface area contributed by atoms with Gasteiger partial charge in [0.25, 0.3) is 10.0 Å². The molecule has 0 bridgehead atoms. The number of rotatable bonds is 14. The highest BCUT2D eigenvalue weighted by Gasteiger charge is 2.38. The molecule has 15 heteroatoms. The average molecular weight is 592 g/mol. The van der Waals surface area contributed by atoms with Gasteiger partial charge in [0.05, 0.1) is 31.4 Å². The summed E-state index contributed by atoms with van der Waals surface area (Å²) in [6.45, 7) is -2.03. The lowest BCUT2D eigenvalue weighted by atomic mass is 9.87. The van der Waals surface area contributed by atoms with Crippen LogP contribution in [-0.2, 0) is 14.8 Å². The molecule has 9 N–H and O–H groups in total. The van der Waals surface area contributed by atoms with Crippen LogP contribution in [0.1, 0.15) is 54.5 Å². The van der Waals surface area contributed by atoms with E-state index in [1.54, 1.807) is 24.3 Å². The number of benzene rings is 1. The zero-order valence-electron chi connectivity index (χ0n) is 22.0. The molecule has 1 aromatic carbocycles. The molecule has 41 heavy (non-hydrogen) atoms. The van der Waals surface area contributed by atoms with Gasteiger partial charge in [0, 0.05) is 36.5 Å². The molecule has 0 aliphatic heterocycles. The van der Waals surface area contributed by atoms with Gasteiger partial charge in [0.15, 0.2) is 0 Å². The number of aliphatic hydroxyl groups excluding tert-OH is 3. The van der Waals surface area contributed by atoms with Crippen LogP contribution in [0.5, 0.6) is 5.75 Å². The number of imidazole rings is 1. The summed E-state index contributed by atoms with van der Waals surface area (Å²) in [5.74, 6) is -1.53. The maximum atomic E-state index is 13.2. The van der Waals surface area contributed by atoms with Crippen molar-refractivity contribution in [1.82, 2.24) is 15.3 Å².